The minimum Gasteiger partial charge on any atom is -0.481 e. The van der Waals surface area contributed by atoms with E-state index in [1.165, 1.54) is 0 Å². The smallest absolute Gasteiger partial charge is 0.308 e. The topological polar surface area (TPSA) is 76.1 Å². The molecule has 0 bridgehead atoms. The molecule has 2 heterocycles. The van der Waals surface area contributed by atoms with E-state index in [4.69, 9.17) is 9.47 Å². The Morgan fingerprint density at radius 3 is 2.42 bits per heavy atom. The molecule has 6 nitrogen and oxygen atoms in total. The minimum absolute atomic E-state index is 0.173. The number of carboxylic acids is 1. The van der Waals surface area contributed by atoms with Crippen molar-refractivity contribution in [3.05, 3.63) is 29.8 Å². The molecule has 1 spiro atoms. The zero-order chi connectivity index (χ0) is 18.9. The molecule has 0 aliphatic carbocycles. The van der Waals surface area contributed by atoms with Crippen LogP contribution in [-0.4, -0.2) is 53.8 Å². The van der Waals surface area contributed by atoms with Crippen molar-refractivity contribution in [3.63, 3.8) is 0 Å². The van der Waals surface area contributed by atoms with E-state index in [9.17, 15) is 14.7 Å². The summed E-state index contributed by atoms with van der Waals surface area (Å²) in [7, 11) is 0. The van der Waals surface area contributed by atoms with Crippen molar-refractivity contribution in [2.45, 2.75) is 39.2 Å². The highest BCUT2D eigenvalue weighted by atomic mass is 16.5. The average molecular weight is 361 g/mol. The van der Waals surface area contributed by atoms with Crippen LogP contribution in [0.3, 0.4) is 0 Å². The third-order valence-electron chi connectivity index (χ3n) is 5.63. The van der Waals surface area contributed by atoms with Crippen LogP contribution in [0.15, 0.2) is 24.3 Å². The third kappa shape index (κ3) is 3.56. The standard InChI is InChI=1S/C20H27NO5/c1-14-4-6-15(7-5-14)26-19(2,3)18(24)21-12-16(17(22)23)20(13-21)8-10-25-11-9-20/h4-7,16H,8-13H2,1-3H3,(H,22,23). The van der Waals surface area contributed by atoms with Crippen LogP contribution in [0, 0.1) is 18.3 Å². The highest BCUT2D eigenvalue weighted by Gasteiger charge is 2.53. The highest BCUT2D eigenvalue weighted by Crippen LogP contribution is 2.45. The lowest BCUT2D eigenvalue weighted by molar-refractivity contribution is -0.147. The van der Waals surface area contributed by atoms with Gasteiger partial charge in [-0.2, -0.15) is 0 Å². The van der Waals surface area contributed by atoms with Crippen LogP contribution in [0.2, 0.25) is 0 Å². The molecular weight excluding hydrogens is 334 g/mol. The van der Waals surface area contributed by atoms with Gasteiger partial charge in [0.2, 0.25) is 0 Å². The fourth-order valence-electron chi connectivity index (χ4n) is 4.07. The van der Waals surface area contributed by atoms with Crippen LogP contribution >= 0.6 is 0 Å². The Morgan fingerprint density at radius 1 is 1.23 bits per heavy atom. The Hall–Kier alpha value is -2.08. The first kappa shape index (κ1) is 18.7. The number of benzene rings is 1. The molecule has 1 N–H and O–H groups in total. The fraction of sp³-hybridized carbons (Fsp3) is 0.600. The van der Waals surface area contributed by atoms with Crippen LogP contribution in [0.5, 0.6) is 5.75 Å². The van der Waals surface area contributed by atoms with Crippen molar-refractivity contribution in [3.8, 4) is 5.75 Å². The number of hydrogen-bond acceptors (Lipinski definition) is 4. The van der Waals surface area contributed by atoms with Gasteiger partial charge in [-0.25, -0.2) is 0 Å². The van der Waals surface area contributed by atoms with E-state index in [0.29, 0.717) is 38.3 Å². The predicted octanol–water partition coefficient (Wildman–Crippen LogP) is 2.49. The summed E-state index contributed by atoms with van der Waals surface area (Å²) < 4.78 is 11.4. The van der Waals surface area contributed by atoms with Gasteiger partial charge in [-0.3, -0.25) is 9.59 Å². The normalized spacial score (nSPS) is 22.4. The second kappa shape index (κ2) is 6.91. The Bertz CT molecular complexity index is 676. The van der Waals surface area contributed by atoms with Crippen LogP contribution in [0.4, 0.5) is 0 Å². The van der Waals surface area contributed by atoms with Crippen molar-refractivity contribution >= 4 is 11.9 Å². The first-order valence-corrected chi connectivity index (χ1v) is 9.09. The molecule has 0 saturated carbocycles. The lowest BCUT2D eigenvalue weighted by atomic mass is 9.72. The summed E-state index contributed by atoms with van der Waals surface area (Å²) in [5, 5.41) is 9.68. The lowest BCUT2D eigenvalue weighted by Crippen LogP contribution is -2.49. The second-order valence-corrected chi connectivity index (χ2v) is 7.98. The minimum atomic E-state index is -1.06. The maximum atomic E-state index is 13.1. The van der Waals surface area contributed by atoms with Gasteiger partial charge < -0.3 is 19.5 Å². The Kier molecular flexibility index (Phi) is 4.97. The lowest BCUT2D eigenvalue weighted by Gasteiger charge is -2.36. The summed E-state index contributed by atoms with van der Waals surface area (Å²) in [5.41, 5.74) is -0.332. The molecule has 2 aliphatic rings. The monoisotopic (exact) mass is 361 g/mol. The largest absolute Gasteiger partial charge is 0.481 e. The van der Waals surface area contributed by atoms with Gasteiger partial charge in [0.05, 0.1) is 5.92 Å². The number of amides is 1. The molecule has 1 unspecified atom stereocenters. The number of carbonyl (C=O) groups is 2. The van der Waals surface area contributed by atoms with Gasteiger partial charge in [0.15, 0.2) is 5.60 Å². The molecular formula is C20H27NO5. The van der Waals surface area contributed by atoms with E-state index in [-0.39, 0.29) is 17.9 Å². The first-order valence-electron chi connectivity index (χ1n) is 9.09. The maximum Gasteiger partial charge on any atom is 0.308 e. The summed E-state index contributed by atoms with van der Waals surface area (Å²) in [4.78, 5) is 26.6. The van der Waals surface area contributed by atoms with Gasteiger partial charge in [-0.05, 0) is 45.7 Å². The molecule has 2 saturated heterocycles. The SMILES string of the molecule is Cc1ccc(OC(C)(C)C(=O)N2CC(C(=O)O)C3(CCOCC3)C2)cc1. The quantitative estimate of drug-likeness (QED) is 0.892. The van der Waals surface area contributed by atoms with E-state index >= 15 is 0 Å². The van der Waals surface area contributed by atoms with Crippen LogP contribution in [0.1, 0.15) is 32.3 Å². The van der Waals surface area contributed by atoms with E-state index in [1.807, 2.05) is 31.2 Å². The van der Waals surface area contributed by atoms with Crippen molar-refractivity contribution < 1.29 is 24.2 Å². The van der Waals surface area contributed by atoms with Crippen LogP contribution in [-0.2, 0) is 14.3 Å². The molecule has 0 aromatic heterocycles. The first-order chi connectivity index (χ1) is 12.2. The number of carboxylic acid groups (broad SMARTS) is 1. The number of rotatable bonds is 4. The number of aliphatic carboxylic acids is 1. The maximum absolute atomic E-state index is 13.1. The molecule has 1 amide bonds. The van der Waals surface area contributed by atoms with Crippen LogP contribution in [0.25, 0.3) is 0 Å². The summed E-state index contributed by atoms with van der Waals surface area (Å²) in [6.45, 7) is 7.25. The molecule has 3 rings (SSSR count). The van der Waals surface area contributed by atoms with Crippen molar-refractivity contribution in [1.82, 2.24) is 4.90 Å². The molecule has 1 aromatic carbocycles. The predicted molar refractivity (Wildman–Crippen MR) is 96.1 cm³/mol. The molecule has 142 valence electrons. The number of ether oxygens (including phenoxy) is 2. The molecule has 2 aliphatic heterocycles. The van der Waals surface area contributed by atoms with Crippen molar-refractivity contribution in [1.29, 1.82) is 0 Å². The highest BCUT2D eigenvalue weighted by molar-refractivity contribution is 5.86. The third-order valence-corrected chi connectivity index (χ3v) is 5.63. The molecule has 6 heteroatoms. The summed E-state index contributed by atoms with van der Waals surface area (Å²) in [6.07, 6.45) is 1.35. The van der Waals surface area contributed by atoms with Crippen molar-refractivity contribution in [2.75, 3.05) is 26.3 Å². The molecule has 1 atom stereocenters. The summed E-state index contributed by atoms with van der Waals surface area (Å²) in [5.74, 6) is -0.929. The molecule has 2 fully saturated rings. The van der Waals surface area contributed by atoms with Gasteiger partial charge in [-0.15, -0.1) is 0 Å². The number of hydrogen-bond donors (Lipinski definition) is 1. The average Bonchev–Trinajstić information content (AvgIpc) is 2.95. The zero-order valence-corrected chi connectivity index (χ0v) is 15.7. The molecule has 0 radical (unpaired) electrons. The Balaban J connectivity index is 1.76. The fourth-order valence-corrected chi connectivity index (χ4v) is 4.07. The number of nitrogens with zero attached hydrogens (tertiary/aromatic N) is 1. The van der Waals surface area contributed by atoms with Crippen LogP contribution < -0.4 is 4.74 Å². The van der Waals surface area contributed by atoms with E-state index in [0.717, 1.165) is 5.56 Å². The van der Waals surface area contributed by atoms with E-state index in [2.05, 4.69) is 0 Å². The van der Waals surface area contributed by atoms with Gasteiger partial charge >= 0.3 is 5.97 Å². The zero-order valence-electron chi connectivity index (χ0n) is 15.7. The number of likely N-dealkylation sites (tertiary alicyclic amines) is 1. The van der Waals surface area contributed by atoms with Crippen molar-refractivity contribution in [2.24, 2.45) is 11.3 Å². The van der Waals surface area contributed by atoms with E-state index < -0.39 is 17.5 Å². The van der Waals surface area contributed by atoms with E-state index in [1.54, 1.807) is 18.7 Å². The molecule has 1 aromatic rings. The summed E-state index contributed by atoms with van der Waals surface area (Å²) >= 11 is 0. The second-order valence-electron chi connectivity index (χ2n) is 7.98. The summed E-state index contributed by atoms with van der Waals surface area (Å²) in [6, 6.07) is 7.55. The Labute approximate surface area is 154 Å². The Morgan fingerprint density at radius 2 is 1.85 bits per heavy atom. The van der Waals surface area contributed by atoms with Gasteiger partial charge in [0, 0.05) is 31.7 Å². The number of aryl methyl sites for hydroxylation is 1. The number of carbonyl (C=O) groups excluding carboxylic acids is 1. The molecule has 26 heavy (non-hydrogen) atoms. The van der Waals surface area contributed by atoms with Gasteiger partial charge in [0.1, 0.15) is 5.75 Å². The van der Waals surface area contributed by atoms with Gasteiger partial charge in [0.25, 0.3) is 5.91 Å². The van der Waals surface area contributed by atoms with Gasteiger partial charge in [-0.1, -0.05) is 17.7 Å².